The molecule has 0 spiro atoms. The lowest BCUT2D eigenvalue weighted by Crippen LogP contribution is -2.29. The Labute approximate surface area is 130 Å². The van der Waals surface area contributed by atoms with Crippen molar-refractivity contribution in [2.45, 2.75) is 32.5 Å². The summed E-state index contributed by atoms with van der Waals surface area (Å²) in [6, 6.07) is 4.45. The summed E-state index contributed by atoms with van der Waals surface area (Å²) in [5.41, 5.74) is 9.91. The fourth-order valence-corrected chi connectivity index (χ4v) is 3.34. The first-order chi connectivity index (χ1) is 10.2. The fraction of sp³-hybridized carbons (Fsp3) is 0.438. The Kier molecular flexibility index (Phi) is 4.29. The molecule has 0 saturated heterocycles. The van der Waals surface area contributed by atoms with E-state index in [1.54, 1.807) is 0 Å². The molecule has 1 aromatic heterocycles. The highest BCUT2D eigenvalue weighted by Gasteiger charge is 2.30. The number of aryl methyl sites for hydroxylation is 1. The first-order valence-corrected chi connectivity index (χ1v) is 7.76. The van der Waals surface area contributed by atoms with E-state index in [2.05, 4.69) is 27.4 Å². The van der Waals surface area contributed by atoms with Crippen LogP contribution in [0.15, 0.2) is 30.9 Å². The molecule has 0 amide bonds. The molecular weight excluding hydrogens is 284 g/mol. The van der Waals surface area contributed by atoms with Crippen LogP contribution in [0.3, 0.4) is 0 Å². The van der Waals surface area contributed by atoms with Crippen LogP contribution in [-0.4, -0.2) is 27.5 Å². The number of nitrogens with zero attached hydrogens (tertiary/aromatic N) is 3. The predicted octanol–water partition coefficient (Wildman–Crippen LogP) is 2.75. The Morgan fingerprint density at radius 1 is 1.38 bits per heavy atom. The number of hydrogen-bond donors (Lipinski definition) is 1. The van der Waals surface area contributed by atoms with Gasteiger partial charge >= 0.3 is 0 Å². The molecule has 3 rings (SSSR count). The van der Waals surface area contributed by atoms with E-state index < -0.39 is 0 Å². The van der Waals surface area contributed by atoms with Gasteiger partial charge < -0.3 is 10.3 Å². The van der Waals surface area contributed by atoms with Crippen molar-refractivity contribution in [3.05, 3.63) is 52.6 Å². The van der Waals surface area contributed by atoms with Gasteiger partial charge in [-0.1, -0.05) is 17.7 Å². The molecule has 2 N–H and O–H groups in total. The Hall–Kier alpha value is -1.36. The SMILES string of the molecule is Cc1c(Cl)ccc2c1CN(CCCn1ccnc1)C2CN. The van der Waals surface area contributed by atoms with Crippen molar-refractivity contribution in [2.24, 2.45) is 5.73 Å². The summed E-state index contributed by atoms with van der Waals surface area (Å²) in [5.74, 6) is 0. The van der Waals surface area contributed by atoms with Gasteiger partial charge in [-0.2, -0.15) is 0 Å². The molecule has 2 aromatic rings. The van der Waals surface area contributed by atoms with Crippen LogP contribution < -0.4 is 5.73 Å². The smallest absolute Gasteiger partial charge is 0.0945 e. The Bertz CT molecular complexity index is 609. The quantitative estimate of drug-likeness (QED) is 0.924. The van der Waals surface area contributed by atoms with Gasteiger partial charge in [-0.05, 0) is 36.1 Å². The van der Waals surface area contributed by atoms with E-state index in [0.717, 1.165) is 31.1 Å². The van der Waals surface area contributed by atoms with Crippen LogP contribution >= 0.6 is 11.6 Å². The number of nitrogens with two attached hydrogens (primary N) is 1. The van der Waals surface area contributed by atoms with E-state index in [0.29, 0.717) is 12.6 Å². The summed E-state index contributed by atoms with van der Waals surface area (Å²) in [7, 11) is 0. The molecule has 1 atom stereocenters. The van der Waals surface area contributed by atoms with Gasteiger partial charge in [-0.15, -0.1) is 0 Å². The Morgan fingerprint density at radius 3 is 2.95 bits per heavy atom. The summed E-state index contributed by atoms with van der Waals surface area (Å²) in [6.45, 7) is 5.73. The van der Waals surface area contributed by atoms with Gasteiger partial charge in [0.05, 0.1) is 6.33 Å². The second kappa shape index (κ2) is 6.18. The number of aromatic nitrogens is 2. The van der Waals surface area contributed by atoms with Crippen molar-refractivity contribution < 1.29 is 0 Å². The van der Waals surface area contributed by atoms with Crippen molar-refractivity contribution in [1.29, 1.82) is 0 Å². The lowest BCUT2D eigenvalue weighted by Gasteiger charge is -2.23. The normalized spacial score (nSPS) is 18.1. The van der Waals surface area contributed by atoms with Crippen molar-refractivity contribution in [2.75, 3.05) is 13.1 Å². The van der Waals surface area contributed by atoms with E-state index in [-0.39, 0.29) is 0 Å². The van der Waals surface area contributed by atoms with Gasteiger partial charge in [0.2, 0.25) is 0 Å². The third-order valence-corrected chi connectivity index (χ3v) is 4.78. The number of hydrogen-bond acceptors (Lipinski definition) is 3. The number of imidazole rings is 1. The number of halogens is 1. The molecule has 1 unspecified atom stereocenters. The molecule has 21 heavy (non-hydrogen) atoms. The fourth-order valence-electron chi connectivity index (χ4n) is 3.17. The standard InChI is InChI=1S/C16H21ClN4/c1-12-14-10-21(7-2-6-20-8-5-19-11-20)16(9-18)13(14)3-4-15(12)17/h3-5,8,11,16H,2,6-7,9-10,18H2,1H3. The molecule has 1 aliphatic rings. The zero-order valence-electron chi connectivity index (χ0n) is 12.3. The van der Waals surface area contributed by atoms with Gasteiger partial charge in [0.25, 0.3) is 0 Å². The highest BCUT2D eigenvalue weighted by atomic mass is 35.5. The Morgan fingerprint density at radius 2 is 2.24 bits per heavy atom. The summed E-state index contributed by atoms with van der Waals surface area (Å²) in [6.07, 6.45) is 6.78. The van der Waals surface area contributed by atoms with Gasteiger partial charge in [0.1, 0.15) is 0 Å². The second-order valence-electron chi connectivity index (χ2n) is 5.62. The highest BCUT2D eigenvalue weighted by Crippen LogP contribution is 2.37. The van der Waals surface area contributed by atoms with Crippen LogP contribution in [0.5, 0.6) is 0 Å². The van der Waals surface area contributed by atoms with Gasteiger partial charge in [0.15, 0.2) is 0 Å². The topological polar surface area (TPSA) is 47.1 Å². The average Bonchev–Trinajstić information content (AvgIpc) is 3.10. The molecule has 1 aliphatic heterocycles. The minimum absolute atomic E-state index is 0.318. The third-order valence-electron chi connectivity index (χ3n) is 4.37. The first kappa shape index (κ1) is 14.6. The van der Waals surface area contributed by atoms with Gasteiger partial charge in [-0.3, -0.25) is 4.90 Å². The maximum atomic E-state index is 6.24. The molecule has 0 bridgehead atoms. The molecule has 1 aromatic carbocycles. The van der Waals surface area contributed by atoms with Crippen LogP contribution in [0.2, 0.25) is 5.02 Å². The molecule has 0 fully saturated rings. The molecule has 0 aliphatic carbocycles. The maximum Gasteiger partial charge on any atom is 0.0945 e. The largest absolute Gasteiger partial charge is 0.337 e. The van der Waals surface area contributed by atoms with Crippen molar-refractivity contribution >= 4 is 11.6 Å². The number of benzene rings is 1. The highest BCUT2D eigenvalue weighted by molar-refractivity contribution is 6.31. The van der Waals surface area contributed by atoms with Gasteiger partial charge in [0, 0.05) is 49.6 Å². The predicted molar refractivity (Wildman–Crippen MR) is 85.2 cm³/mol. The molecule has 4 nitrogen and oxygen atoms in total. The van der Waals surface area contributed by atoms with Crippen molar-refractivity contribution in [1.82, 2.24) is 14.5 Å². The number of fused-ring (bicyclic) bond motifs is 1. The first-order valence-electron chi connectivity index (χ1n) is 7.38. The molecule has 0 saturated carbocycles. The number of rotatable bonds is 5. The molecule has 2 heterocycles. The minimum Gasteiger partial charge on any atom is -0.337 e. The monoisotopic (exact) mass is 304 g/mol. The van der Waals surface area contributed by atoms with E-state index >= 15 is 0 Å². The van der Waals surface area contributed by atoms with Crippen molar-refractivity contribution in [3.8, 4) is 0 Å². The Balaban J connectivity index is 1.68. The van der Waals surface area contributed by atoms with E-state index in [9.17, 15) is 0 Å². The van der Waals surface area contributed by atoms with E-state index in [1.165, 1.54) is 16.7 Å². The molecule has 112 valence electrons. The third kappa shape index (κ3) is 2.84. The molecule has 0 radical (unpaired) electrons. The minimum atomic E-state index is 0.318. The molecular formula is C16H21ClN4. The maximum absolute atomic E-state index is 6.24. The summed E-state index contributed by atoms with van der Waals surface area (Å²) < 4.78 is 2.11. The second-order valence-corrected chi connectivity index (χ2v) is 6.02. The van der Waals surface area contributed by atoms with E-state index in [4.69, 9.17) is 17.3 Å². The summed E-state index contributed by atoms with van der Waals surface area (Å²) >= 11 is 6.24. The van der Waals surface area contributed by atoms with E-state index in [1.807, 2.05) is 24.8 Å². The van der Waals surface area contributed by atoms with Crippen LogP contribution in [0.4, 0.5) is 0 Å². The average molecular weight is 305 g/mol. The molecule has 5 heteroatoms. The summed E-state index contributed by atoms with van der Waals surface area (Å²) in [5, 5.41) is 0.852. The van der Waals surface area contributed by atoms with Crippen LogP contribution in [0.25, 0.3) is 0 Å². The summed E-state index contributed by atoms with van der Waals surface area (Å²) in [4.78, 5) is 6.54. The lowest BCUT2D eigenvalue weighted by atomic mass is 10.0. The lowest BCUT2D eigenvalue weighted by molar-refractivity contribution is 0.213. The van der Waals surface area contributed by atoms with Crippen molar-refractivity contribution in [3.63, 3.8) is 0 Å². The zero-order valence-corrected chi connectivity index (χ0v) is 13.1. The van der Waals surface area contributed by atoms with Crippen LogP contribution in [-0.2, 0) is 13.1 Å². The van der Waals surface area contributed by atoms with Crippen LogP contribution in [0.1, 0.15) is 29.2 Å². The van der Waals surface area contributed by atoms with Crippen LogP contribution in [0, 0.1) is 6.92 Å². The zero-order chi connectivity index (χ0) is 14.8. The van der Waals surface area contributed by atoms with Gasteiger partial charge in [-0.25, -0.2) is 4.98 Å².